The number of nitrogens with one attached hydrogen (secondary N) is 1. The number of thiophene rings is 1. The van der Waals surface area contributed by atoms with Crippen molar-refractivity contribution < 1.29 is 4.79 Å². The Hall–Kier alpha value is -2.94. The number of halogens is 1. The summed E-state index contributed by atoms with van der Waals surface area (Å²) < 4.78 is 1.50. The van der Waals surface area contributed by atoms with E-state index >= 15 is 0 Å². The standard InChI is InChI=1S/C22H17ClN4O2S2/c1-14(19-7-4-12-30-19)25-26-20(28)13-31-22-24-18-6-3-2-5-17(18)21(29)27(22)16-10-8-15(23)9-11-16/h2-12H,13H2,1H3,(H,26,28)/b25-14-. The highest BCUT2D eigenvalue weighted by molar-refractivity contribution is 7.99. The van der Waals surface area contributed by atoms with Crippen molar-refractivity contribution in [1.82, 2.24) is 15.0 Å². The minimum atomic E-state index is -0.286. The highest BCUT2D eigenvalue weighted by Crippen LogP contribution is 2.22. The molecule has 1 N–H and O–H groups in total. The Morgan fingerprint density at radius 3 is 2.68 bits per heavy atom. The van der Waals surface area contributed by atoms with Gasteiger partial charge in [-0.05, 0) is 54.8 Å². The number of hydrazone groups is 1. The summed E-state index contributed by atoms with van der Waals surface area (Å²) in [6.07, 6.45) is 0. The minimum Gasteiger partial charge on any atom is -0.272 e. The maximum atomic E-state index is 13.2. The van der Waals surface area contributed by atoms with E-state index in [0.29, 0.717) is 26.8 Å². The number of aromatic nitrogens is 2. The van der Waals surface area contributed by atoms with Crippen LogP contribution in [0.15, 0.2) is 81.1 Å². The first-order valence-electron chi connectivity index (χ1n) is 9.30. The van der Waals surface area contributed by atoms with Crippen LogP contribution in [-0.2, 0) is 4.79 Å². The van der Waals surface area contributed by atoms with Gasteiger partial charge in [0.2, 0.25) is 0 Å². The average molecular weight is 469 g/mol. The number of carbonyl (C=O) groups is 1. The van der Waals surface area contributed by atoms with Gasteiger partial charge < -0.3 is 0 Å². The van der Waals surface area contributed by atoms with Crippen LogP contribution in [0, 0.1) is 0 Å². The quantitative estimate of drug-likeness (QED) is 0.192. The average Bonchev–Trinajstić information content (AvgIpc) is 3.32. The van der Waals surface area contributed by atoms with Gasteiger partial charge in [-0.1, -0.05) is 41.6 Å². The lowest BCUT2D eigenvalue weighted by atomic mass is 10.2. The highest BCUT2D eigenvalue weighted by Gasteiger charge is 2.15. The highest BCUT2D eigenvalue weighted by atomic mass is 35.5. The zero-order valence-electron chi connectivity index (χ0n) is 16.4. The van der Waals surface area contributed by atoms with Crippen molar-refractivity contribution in [1.29, 1.82) is 0 Å². The Bertz CT molecular complexity index is 1320. The fourth-order valence-electron chi connectivity index (χ4n) is 2.88. The molecule has 0 spiro atoms. The van der Waals surface area contributed by atoms with Gasteiger partial charge in [0.05, 0.1) is 28.1 Å². The molecule has 0 aliphatic heterocycles. The molecular formula is C22H17ClN4O2S2. The molecule has 156 valence electrons. The zero-order chi connectivity index (χ0) is 21.8. The number of para-hydroxylation sites is 1. The van der Waals surface area contributed by atoms with Crippen LogP contribution in [0.5, 0.6) is 0 Å². The molecule has 0 bridgehead atoms. The predicted molar refractivity (Wildman–Crippen MR) is 128 cm³/mol. The summed E-state index contributed by atoms with van der Waals surface area (Å²) >= 11 is 8.72. The van der Waals surface area contributed by atoms with Crippen LogP contribution in [0.4, 0.5) is 0 Å². The van der Waals surface area contributed by atoms with E-state index in [-0.39, 0.29) is 17.2 Å². The summed E-state index contributed by atoms with van der Waals surface area (Å²) in [5.41, 5.74) is 4.29. The number of thioether (sulfide) groups is 1. The first-order chi connectivity index (χ1) is 15.0. The van der Waals surface area contributed by atoms with Crippen LogP contribution in [0.1, 0.15) is 11.8 Å². The molecule has 0 unspecified atom stereocenters. The van der Waals surface area contributed by atoms with Crippen molar-refractivity contribution in [3.63, 3.8) is 0 Å². The second kappa shape index (κ2) is 9.47. The number of fused-ring (bicyclic) bond motifs is 1. The first kappa shape index (κ1) is 21.3. The van der Waals surface area contributed by atoms with Crippen LogP contribution in [0.25, 0.3) is 16.6 Å². The molecule has 0 aliphatic carbocycles. The van der Waals surface area contributed by atoms with Gasteiger partial charge in [-0.3, -0.25) is 14.2 Å². The topological polar surface area (TPSA) is 76.3 Å². The van der Waals surface area contributed by atoms with Crippen LogP contribution < -0.4 is 11.0 Å². The molecule has 2 aromatic heterocycles. The first-order valence-corrected chi connectivity index (χ1v) is 11.5. The van der Waals surface area contributed by atoms with Gasteiger partial charge in [0, 0.05) is 9.90 Å². The lowest BCUT2D eigenvalue weighted by molar-refractivity contribution is -0.118. The third kappa shape index (κ3) is 4.87. The van der Waals surface area contributed by atoms with Gasteiger partial charge in [0.1, 0.15) is 0 Å². The van der Waals surface area contributed by atoms with E-state index in [1.807, 2.05) is 30.5 Å². The van der Waals surface area contributed by atoms with Crippen LogP contribution in [0.2, 0.25) is 5.02 Å². The minimum absolute atomic E-state index is 0.0551. The molecular weight excluding hydrogens is 452 g/mol. The molecule has 6 nitrogen and oxygen atoms in total. The van der Waals surface area contributed by atoms with Gasteiger partial charge in [0.15, 0.2) is 5.16 Å². The van der Waals surface area contributed by atoms with Crippen LogP contribution in [0.3, 0.4) is 0 Å². The molecule has 0 atom stereocenters. The molecule has 4 aromatic rings. The number of nitrogens with zero attached hydrogens (tertiary/aromatic N) is 3. The summed E-state index contributed by atoms with van der Waals surface area (Å²) in [6.45, 7) is 1.84. The molecule has 2 heterocycles. The smallest absolute Gasteiger partial charge is 0.266 e. The second-order valence-electron chi connectivity index (χ2n) is 6.53. The lowest BCUT2D eigenvalue weighted by Gasteiger charge is -2.13. The van der Waals surface area contributed by atoms with Gasteiger partial charge in [-0.2, -0.15) is 5.10 Å². The second-order valence-corrected chi connectivity index (χ2v) is 8.85. The molecule has 31 heavy (non-hydrogen) atoms. The molecule has 0 radical (unpaired) electrons. The Balaban J connectivity index is 1.61. The van der Waals surface area contributed by atoms with Gasteiger partial charge in [-0.15, -0.1) is 11.3 Å². The van der Waals surface area contributed by atoms with E-state index in [1.165, 1.54) is 16.3 Å². The molecule has 1 amide bonds. The van der Waals surface area contributed by atoms with Crippen molar-refractivity contribution in [2.45, 2.75) is 12.1 Å². The fourth-order valence-corrected chi connectivity index (χ4v) is 4.48. The summed E-state index contributed by atoms with van der Waals surface area (Å²) in [4.78, 5) is 31.2. The van der Waals surface area contributed by atoms with Crippen molar-refractivity contribution >= 4 is 57.2 Å². The molecule has 0 fully saturated rings. The summed E-state index contributed by atoms with van der Waals surface area (Å²) in [6, 6.07) is 17.9. The Morgan fingerprint density at radius 1 is 1.16 bits per heavy atom. The van der Waals surface area contributed by atoms with Gasteiger partial charge in [0.25, 0.3) is 11.5 Å². The Labute approximate surface area is 191 Å². The maximum absolute atomic E-state index is 13.2. The molecule has 9 heteroatoms. The molecule has 2 aromatic carbocycles. The predicted octanol–water partition coefficient (Wildman–Crippen LogP) is 4.73. The number of hydrogen-bond acceptors (Lipinski definition) is 6. The van der Waals surface area contributed by atoms with Crippen LogP contribution in [-0.4, -0.2) is 26.9 Å². The van der Waals surface area contributed by atoms with E-state index in [2.05, 4.69) is 15.5 Å². The number of rotatable bonds is 6. The maximum Gasteiger partial charge on any atom is 0.266 e. The fraction of sp³-hybridized carbons (Fsp3) is 0.0909. The Kier molecular flexibility index (Phi) is 6.50. The lowest BCUT2D eigenvalue weighted by Crippen LogP contribution is -2.24. The monoisotopic (exact) mass is 468 g/mol. The van der Waals surface area contributed by atoms with Crippen molar-refractivity contribution in [2.24, 2.45) is 5.10 Å². The number of carbonyl (C=O) groups excluding carboxylic acids is 1. The number of amides is 1. The number of benzene rings is 2. The van der Waals surface area contributed by atoms with Crippen molar-refractivity contribution in [3.05, 3.63) is 86.3 Å². The van der Waals surface area contributed by atoms with E-state index in [9.17, 15) is 9.59 Å². The SMILES string of the molecule is C/C(=N/NC(=O)CSc1nc2ccccc2c(=O)n1-c1ccc(Cl)cc1)c1cccs1. The van der Waals surface area contributed by atoms with Gasteiger partial charge >= 0.3 is 0 Å². The summed E-state index contributed by atoms with van der Waals surface area (Å²) in [7, 11) is 0. The normalized spacial score (nSPS) is 11.6. The van der Waals surface area contributed by atoms with E-state index in [0.717, 1.165) is 10.6 Å². The molecule has 0 aliphatic rings. The van der Waals surface area contributed by atoms with Crippen molar-refractivity contribution in [2.75, 3.05) is 5.75 Å². The van der Waals surface area contributed by atoms with E-state index in [1.54, 1.807) is 53.8 Å². The van der Waals surface area contributed by atoms with Gasteiger partial charge in [-0.25, -0.2) is 10.4 Å². The van der Waals surface area contributed by atoms with Crippen LogP contribution >= 0.6 is 34.7 Å². The molecule has 4 rings (SSSR count). The third-order valence-electron chi connectivity index (χ3n) is 4.39. The third-order valence-corrected chi connectivity index (χ3v) is 6.56. The van der Waals surface area contributed by atoms with E-state index < -0.39 is 0 Å². The number of hydrogen-bond donors (Lipinski definition) is 1. The molecule has 0 saturated heterocycles. The van der Waals surface area contributed by atoms with Crippen molar-refractivity contribution in [3.8, 4) is 5.69 Å². The summed E-state index contributed by atoms with van der Waals surface area (Å²) in [5.74, 6) is -0.231. The largest absolute Gasteiger partial charge is 0.272 e. The van der Waals surface area contributed by atoms with E-state index in [4.69, 9.17) is 11.6 Å². The molecule has 0 saturated carbocycles. The summed E-state index contributed by atoms with van der Waals surface area (Å²) in [5, 5.41) is 7.59. The zero-order valence-corrected chi connectivity index (χ0v) is 18.8. The Morgan fingerprint density at radius 2 is 1.94 bits per heavy atom.